The van der Waals surface area contributed by atoms with E-state index in [4.69, 9.17) is 0 Å². The van der Waals surface area contributed by atoms with Gasteiger partial charge < -0.3 is 15.3 Å². The Balaban J connectivity index is 1.69. The molecule has 1 aromatic carbocycles. The van der Waals surface area contributed by atoms with Crippen LogP contribution >= 0.6 is 0 Å². The number of aliphatic hydroxyl groups is 1. The highest BCUT2D eigenvalue weighted by atomic mass is 16.3. The van der Waals surface area contributed by atoms with Crippen molar-refractivity contribution in [1.82, 2.24) is 10.2 Å². The maximum Gasteiger partial charge on any atom is 0.253 e. The molecule has 1 aliphatic heterocycles. The molecule has 0 bridgehead atoms. The summed E-state index contributed by atoms with van der Waals surface area (Å²) in [6.07, 6.45) is 4.30. The lowest BCUT2D eigenvalue weighted by Crippen LogP contribution is -2.59. The van der Waals surface area contributed by atoms with E-state index in [0.29, 0.717) is 25.9 Å². The second kappa shape index (κ2) is 7.03. The zero-order valence-corrected chi connectivity index (χ0v) is 16.1. The minimum atomic E-state index is -1.47. The molecule has 2 N–H and O–H groups in total. The Hall–Kier alpha value is -1.88. The van der Waals surface area contributed by atoms with Gasteiger partial charge in [0.15, 0.2) is 5.60 Å². The maximum atomic E-state index is 12.7. The van der Waals surface area contributed by atoms with Crippen LogP contribution in [-0.2, 0) is 15.0 Å². The zero-order valence-electron chi connectivity index (χ0n) is 16.1. The Morgan fingerprint density at radius 3 is 2.46 bits per heavy atom. The van der Waals surface area contributed by atoms with E-state index >= 15 is 0 Å². The summed E-state index contributed by atoms with van der Waals surface area (Å²) in [5, 5.41) is 13.8. The summed E-state index contributed by atoms with van der Waals surface area (Å²) in [5.74, 6) is -0.444. The van der Waals surface area contributed by atoms with Crippen molar-refractivity contribution in [3.63, 3.8) is 0 Å². The molecule has 2 fully saturated rings. The van der Waals surface area contributed by atoms with Gasteiger partial charge in [-0.2, -0.15) is 0 Å². The summed E-state index contributed by atoms with van der Waals surface area (Å²) in [5.41, 5.74) is 2.31. The molecule has 0 radical (unpaired) electrons. The van der Waals surface area contributed by atoms with E-state index in [-0.39, 0.29) is 23.8 Å². The smallest absolute Gasteiger partial charge is 0.253 e. The van der Waals surface area contributed by atoms with Crippen LogP contribution in [0, 0.1) is 13.8 Å². The fourth-order valence-corrected chi connectivity index (χ4v) is 4.15. The van der Waals surface area contributed by atoms with Gasteiger partial charge in [0.1, 0.15) is 0 Å². The third kappa shape index (κ3) is 3.50. The van der Waals surface area contributed by atoms with Crippen LogP contribution in [0.5, 0.6) is 0 Å². The Labute approximate surface area is 155 Å². The van der Waals surface area contributed by atoms with Gasteiger partial charge in [-0.3, -0.25) is 9.59 Å². The Morgan fingerprint density at radius 2 is 1.88 bits per heavy atom. The van der Waals surface area contributed by atoms with Gasteiger partial charge in [-0.05, 0) is 56.2 Å². The molecule has 0 spiro atoms. The minimum Gasteiger partial charge on any atom is -0.378 e. The van der Waals surface area contributed by atoms with Crippen LogP contribution in [0.4, 0.5) is 0 Å². The molecule has 1 atom stereocenters. The van der Waals surface area contributed by atoms with E-state index in [1.165, 1.54) is 23.6 Å². The van der Waals surface area contributed by atoms with Crippen molar-refractivity contribution in [2.45, 2.75) is 63.9 Å². The maximum absolute atomic E-state index is 12.7. The van der Waals surface area contributed by atoms with Crippen LogP contribution in [0.3, 0.4) is 0 Å². The van der Waals surface area contributed by atoms with E-state index in [1.807, 2.05) is 0 Å². The summed E-state index contributed by atoms with van der Waals surface area (Å²) in [7, 11) is 0. The number of rotatable bonds is 4. The predicted octanol–water partition coefficient (Wildman–Crippen LogP) is 2.21. The number of β-amino-alcohol motifs (C(OH)–C–C–N with tert-alkyl or cyclic N) is 1. The lowest BCUT2D eigenvalue weighted by molar-refractivity contribution is -0.150. The number of carbonyl (C=O) groups excluding carboxylic acids is 2. The van der Waals surface area contributed by atoms with Crippen LogP contribution in [0.1, 0.15) is 55.7 Å². The van der Waals surface area contributed by atoms with E-state index in [0.717, 1.165) is 19.3 Å². The largest absolute Gasteiger partial charge is 0.378 e. The first kappa shape index (κ1) is 18.9. The third-order valence-electron chi connectivity index (χ3n) is 6.36. The van der Waals surface area contributed by atoms with Crippen molar-refractivity contribution in [2.24, 2.45) is 0 Å². The van der Waals surface area contributed by atoms with Gasteiger partial charge in [-0.25, -0.2) is 0 Å². The SMILES string of the molecule is CC(=O)N1CCC[C@@](O)(C(=O)NCC2(c3ccc(C)c(C)c3)CCC2)C1. The van der Waals surface area contributed by atoms with Crippen molar-refractivity contribution < 1.29 is 14.7 Å². The third-order valence-corrected chi connectivity index (χ3v) is 6.36. The molecular weight excluding hydrogens is 328 g/mol. The molecule has 3 rings (SSSR count). The van der Waals surface area contributed by atoms with Crippen LogP contribution in [0.2, 0.25) is 0 Å². The van der Waals surface area contributed by atoms with E-state index in [1.54, 1.807) is 4.90 Å². The van der Waals surface area contributed by atoms with Crippen molar-refractivity contribution in [2.75, 3.05) is 19.6 Å². The van der Waals surface area contributed by atoms with Gasteiger partial charge >= 0.3 is 0 Å². The van der Waals surface area contributed by atoms with Gasteiger partial charge in [0.05, 0.1) is 6.54 Å². The molecule has 1 heterocycles. The number of benzene rings is 1. The number of amides is 2. The molecular formula is C21H30N2O3. The molecule has 142 valence electrons. The number of carbonyl (C=O) groups is 2. The number of aryl methyl sites for hydroxylation is 2. The quantitative estimate of drug-likeness (QED) is 0.867. The van der Waals surface area contributed by atoms with Crippen molar-refractivity contribution in [3.8, 4) is 0 Å². The van der Waals surface area contributed by atoms with Gasteiger partial charge in [0, 0.05) is 25.4 Å². The summed E-state index contributed by atoms with van der Waals surface area (Å²) < 4.78 is 0. The molecule has 0 aromatic heterocycles. The van der Waals surface area contributed by atoms with Crippen molar-refractivity contribution in [1.29, 1.82) is 0 Å². The highest BCUT2D eigenvalue weighted by Gasteiger charge is 2.44. The zero-order chi connectivity index (χ0) is 18.9. The van der Waals surface area contributed by atoms with Crippen LogP contribution in [0.25, 0.3) is 0 Å². The highest BCUT2D eigenvalue weighted by molar-refractivity contribution is 5.86. The molecule has 0 unspecified atom stereocenters. The van der Waals surface area contributed by atoms with Crippen LogP contribution in [-0.4, -0.2) is 47.1 Å². The van der Waals surface area contributed by atoms with Gasteiger partial charge in [0.2, 0.25) is 5.91 Å². The van der Waals surface area contributed by atoms with Gasteiger partial charge in [0.25, 0.3) is 5.91 Å². The number of hydrogen-bond donors (Lipinski definition) is 2. The Morgan fingerprint density at radius 1 is 1.15 bits per heavy atom. The standard InChI is InChI=1S/C21H30N2O3/c1-15-6-7-18(12-16(15)2)20(8-4-9-20)13-22-19(25)21(26)10-5-11-23(14-21)17(3)24/h6-7,12,26H,4-5,8-11,13-14H2,1-3H3,(H,22,25)/t21-/m0/s1. The number of likely N-dealkylation sites (tertiary alicyclic amines) is 1. The lowest BCUT2D eigenvalue weighted by Gasteiger charge is -2.44. The van der Waals surface area contributed by atoms with Crippen LogP contribution < -0.4 is 5.32 Å². The number of piperidine rings is 1. The summed E-state index contributed by atoms with van der Waals surface area (Å²) in [6.45, 7) is 6.93. The summed E-state index contributed by atoms with van der Waals surface area (Å²) >= 11 is 0. The molecule has 1 saturated heterocycles. The molecule has 5 heteroatoms. The van der Waals surface area contributed by atoms with E-state index in [9.17, 15) is 14.7 Å². The molecule has 1 aliphatic carbocycles. The first-order valence-electron chi connectivity index (χ1n) is 9.60. The summed E-state index contributed by atoms with van der Waals surface area (Å²) in [4.78, 5) is 25.9. The van der Waals surface area contributed by atoms with Crippen LogP contribution in [0.15, 0.2) is 18.2 Å². The second-order valence-corrected chi connectivity index (χ2v) is 8.19. The predicted molar refractivity (Wildman–Crippen MR) is 101 cm³/mol. The molecule has 1 saturated carbocycles. The molecule has 1 aromatic rings. The van der Waals surface area contributed by atoms with Gasteiger partial charge in [-0.1, -0.05) is 24.6 Å². The molecule has 2 aliphatic rings. The average Bonchev–Trinajstić information content (AvgIpc) is 2.56. The molecule has 5 nitrogen and oxygen atoms in total. The van der Waals surface area contributed by atoms with E-state index in [2.05, 4.69) is 37.4 Å². The molecule has 2 amide bonds. The number of nitrogens with one attached hydrogen (secondary N) is 1. The Bertz CT molecular complexity index is 711. The fourth-order valence-electron chi connectivity index (χ4n) is 4.15. The van der Waals surface area contributed by atoms with Crippen molar-refractivity contribution in [3.05, 3.63) is 34.9 Å². The average molecular weight is 358 g/mol. The fraction of sp³-hybridized carbons (Fsp3) is 0.619. The summed E-state index contributed by atoms with van der Waals surface area (Å²) in [6, 6.07) is 6.54. The number of nitrogens with zero attached hydrogens (tertiary/aromatic N) is 1. The monoisotopic (exact) mass is 358 g/mol. The van der Waals surface area contributed by atoms with Crippen molar-refractivity contribution >= 4 is 11.8 Å². The highest BCUT2D eigenvalue weighted by Crippen LogP contribution is 2.43. The number of hydrogen-bond acceptors (Lipinski definition) is 3. The Kier molecular flexibility index (Phi) is 5.11. The topological polar surface area (TPSA) is 69.6 Å². The normalized spacial score (nSPS) is 24.7. The van der Waals surface area contributed by atoms with E-state index < -0.39 is 5.60 Å². The van der Waals surface area contributed by atoms with Gasteiger partial charge in [-0.15, -0.1) is 0 Å². The first-order chi connectivity index (χ1) is 12.3. The lowest BCUT2D eigenvalue weighted by atomic mass is 9.64. The first-order valence-corrected chi connectivity index (χ1v) is 9.60. The second-order valence-electron chi connectivity index (χ2n) is 8.19. The minimum absolute atomic E-state index is 0.0284. The molecule has 26 heavy (non-hydrogen) atoms.